The Hall–Kier alpha value is -0.660. The third kappa shape index (κ3) is 5.43. The molecule has 1 atom stereocenters. The fraction of sp³-hybridized carbons (Fsp3) is 0.938. The van der Waals surface area contributed by atoms with Crippen molar-refractivity contribution in [1.29, 1.82) is 0 Å². The van der Waals surface area contributed by atoms with Crippen LogP contribution >= 0.6 is 0 Å². The Balaban J connectivity index is 1.95. The number of hydrogen-bond acceptors (Lipinski definition) is 5. The Bertz CT molecular complexity index is 488. The molecule has 1 aliphatic heterocycles. The highest BCUT2D eigenvalue weighted by molar-refractivity contribution is 7.91. The van der Waals surface area contributed by atoms with Crippen molar-refractivity contribution in [2.45, 2.75) is 50.6 Å². The van der Waals surface area contributed by atoms with Crippen LogP contribution in [-0.4, -0.2) is 81.6 Å². The molecule has 0 aromatic carbocycles. The van der Waals surface area contributed by atoms with E-state index in [0.29, 0.717) is 32.2 Å². The first kappa shape index (κ1) is 18.7. The first-order valence-corrected chi connectivity index (χ1v) is 10.4. The predicted octanol–water partition coefficient (Wildman–Crippen LogP) is 0.913. The van der Waals surface area contributed by atoms with Crippen LogP contribution in [0.3, 0.4) is 0 Å². The minimum absolute atomic E-state index is 0.0252. The van der Waals surface area contributed by atoms with Crippen LogP contribution < -0.4 is 0 Å². The number of hydrogen-bond donors (Lipinski definition) is 0. The van der Waals surface area contributed by atoms with Gasteiger partial charge in [0.2, 0.25) is 5.91 Å². The van der Waals surface area contributed by atoms with Gasteiger partial charge in [-0.15, -0.1) is 0 Å². The maximum Gasteiger partial charge on any atom is 0.237 e. The first-order chi connectivity index (χ1) is 10.9. The van der Waals surface area contributed by atoms with Crippen molar-refractivity contribution >= 4 is 15.7 Å². The Morgan fingerprint density at radius 3 is 2.39 bits per heavy atom. The number of nitrogens with zero attached hydrogens (tertiary/aromatic N) is 2. The molecule has 1 unspecified atom stereocenters. The lowest BCUT2D eigenvalue weighted by Crippen LogP contribution is -2.48. The molecule has 0 N–H and O–H groups in total. The second-order valence-corrected chi connectivity index (χ2v) is 9.07. The van der Waals surface area contributed by atoms with Crippen molar-refractivity contribution in [3.63, 3.8) is 0 Å². The lowest BCUT2D eigenvalue weighted by Gasteiger charge is -2.34. The van der Waals surface area contributed by atoms with E-state index in [-0.39, 0.29) is 23.5 Å². The minimum Gasteiger partial charge on any atom is -0.383 e. The number of likely N-dealkylation sites (N-methyl/N-ethyl adjacent to an activating group) is 1. The van der Waals surface area contributed by atoms with E-state index in [1.165, 1.54) is 19.3 Å². The quantitative estimate of drug-likeness (QED) is 0.686. The summed E-state index contributed by atoms with van der Waals surface area (Å²) in [6.07, 6.45) is 6.61. The average Bonchev–Trinajstić information content (AvgIpc) is 2.88. The highest BCUT2D eigenvalue weighted by Gasteiger charge is 2.35. The zero-order valence-electron chi connectivity index (χ0n) is 14.4. The van der Waals surface area contributed by atoms with Gasteiger partial charge in [-0.25, -0.2) is 8.42 Å². The molecule has 7 heteroatoms. The standard InChI is InChI=1S/C16H30N2O4S/c1-17(14-6-4-3-5-7-14)12-16(19)18(9-10-22-2)15-8-11-23(20,21)13-15/h14-15H,3-13H2,1-2H3. The van der Waals surface area contributed by atoms with Crippen molar-refractivity contribution in [1.82, 2.24) is 9.80 Å². The lowest BCUT2D eigenvalue weighted by molar-refractivity contribution is -0.135. The van der Waals surface area contributed by atoms with E-state index >= 15 is 0 Å². The normalized spacial score (nSPS) is 24.9. The van der Waals surface area contributed by atoms with E-state index in [0.717, 1.165) is 12.8 Å². The number of sulfone groups is 1. The van der Waals surface area contributed by atoms with Gasteiger partial charge in [-0.2, -0.15) is 0 Å². The van der Waals surface area contributed by atoms with Gasteiger partial charge in [-0.05, 0) is 26.3 Å². The predicted molar refractivity (Wildman–Crippen MR) is 90.2 cm³/mol. The molecule has 1 saturated carbocycles. The Labute approximate surface area is 140 Å². The molecule has 0 aromatic rings. The third-order valence-electron chi connectivity index (χ3n) is 5.09. The molecule has 0 radical (unpaired) electrons. The summed E-state index contributed by atoms with van der Waals surface area (Å²) in [6, 6.07) is 0.284. The van der Waals surface area contributed by atoms with Crippen LogP contribution in [0, 0.1) is 0 Å². The van der Waals surface area contributed by atoms with Gasteiger partial charge in [-0.3, -0.25) is 9.69 Å². The summed E-state index contributed by atoms with van der Waals surface area (Å²) in [4.78, 5) is 16.6. The summed E-state index contributed by atoms with van der Waals surface area (Å²) in [5, 5.41) is 0. The molecule has 1 amide bonds. The fourth-order valence-corrected chi connectivity index (χ4v) is 5.41. The minimum atomic E-state index is -3.00. The van der Waals surface area contributed by atoms with Crippen molar-refractivity contribution in [2.75, 3.05) is 45.4 Å². The van der Waals surface area contributed by atoms with Gasteiger partial charge in [0.05, 0.1) is 24.7 Å². The van der Waals surface area contributed by atoms with Crippen molar-refractivity contribution in [2.24, 2.45) is 0 Å². The van der Waals surface area contributed by atoms with Gasteiger partial charge >= 0.3 is 0 Å². The van der Waals surface area contributed by atoms with E-state index in [4.69, 9.17) is 4.74 Å². The number of methoxy groups -OCH3 is 1. The summed E-state index contributed by atoms with van der Waals surface area (Å²) < 4.78 is 28.6. The summed E-state index contributed by atoms with van der Waals surface area (Å²) in [5.41, 5.74) is 0. The summed E-state index contributed by atoms with van der Waals surface area (Å²) in [6.45, 7) is 1.27. The highest BCUT2D eigenvalue weighted by Crippen LogP contribution is 2.22. The van der Waals surface area contributed by atoms with Gasteiger partial charge in [-0.1, -0.05) is 19.3 Å². The Kier molecular flexibility index (Phi) is 6.85. The molecule has 2 aliphatic rings. The molecule has 1 aliphatic carbocycles. The largest absolute Gasteiger partial charge is 0.383 e. The summed E-state index contributed by atoms with van der Waals surface area (Å²) in [7, 11) is 0.611. The zero-order valence-corrected chi connectivity index (χ0v) is 15.2. The van der Waals surface area contributed by atoms with E-state index in [1.54, 1.807) is 12.0 Å². The maximum atomic E-state index is 12.7. The topological polar surface area (TPSA) is 66.9 Å². The summed E-state index contributed by atoms with van der Waals surface area (Å²) >= 11 is 0. The molecule has 0 aromatic heterocycles. The highest BCUT2D eigenvalue weighted by atomic mass is 32.2. The average molecular weight is 346 g/mol. The van der Waals surface area contributed by atoms with Crippen LogP contribution in [0.2, 0.25) is 0 Å². The van der Waals surface area contributed by atoms with E-state index in [1.807, 2.05) is 7.05 Å². The van der Waals surface area contributed by atoms with Crippen LogP contribution in [0.4, 0.5) is 0 Å². The molecule has 134 valence electrons. The lowest BCUT2D eigenvalue weighted by atomic mass is 9.94. The van der Waals surface area contributed by atoms with Crippen LogP contribution in [0.25, 0.3) is 0 Å². The number of rotatable bonds is 7. The second kappa shape index (κ2) is 8.44. The van der Waals surface area contributed by atoms with Gasteiger partial charge in [0, 0.05) is 25.7 Å². The van der Waals surface area contributed by atoms with Gasteiger partial charge in [0.25, 0.3) is 0 Å². The van der Waals surface area contributed by atoms with Crippen LogP contribution in [0.15, 0.2) is 0 Å². The molecular weight excluding hydrogens is 316 g/mol. The molecule has 1 heterocycles. The Morgan fingerprint density at radius 1 is 1.13 bits per heavy atom. The Morgan fingerprint density at radius 2 is 1.83 bits per heavy atom. The number of carbonyl (C=O) groups excluding carboxylic acids is 1. The van der Waals surface area contributed by atoms with Crippen LogP contribution in [-0.2, 0) is 19.4 Å². The SMILES string of the molecule is COCCN(C(=O)CN(C)C1CCCCC1)C1CCS(=O)(=O)C1. The smallest absolute Gasteiger partial charge is 0.237 e. The monoisotopic (exact) mass is 346 g/mol. The van der Waals surface area contributed by atoms with Gasteiger partial charge in [0.1, 0.15) is 0 Å². The summed E-state index contributed by atoms with van der Waals surface area (Å²) in [5.74, 6) is 0.305. The van der Waals surface area contributed by atoms with Gasteiger partial charge in [0.15, 0.2) is 9.84 Å². The van der Waals surface area contributed by atoms with Crippen LogP contribution in [0.1, 0.15) is 38.5 Å². The van der Waals surface area contributed by atoms with Gasteiger partial charge < -0.3 is 9.64 Å². The number of ether oxygens (including phenoxy) is 1. The zero-order chi connectivity index (χ0) is 16.9. The van der Waals surface area contributed by atoms with Crippen LogP contribution in [0.5, 0.6) is 0 Å². The third-order valence-corrected chi connectivity index (χ3v) is 6.84. The van der Waals surface area contributed by atoms with Crippen molar-refractivity contribution in [3.05, 3.63) is 0 Å². The molecule has 23 heavy (non-hydrogen) atoms. The second-order valence-electron chi connectivity index (χ2n) is 6.84. The van der Waals surface area contributed by atoms with Crippen molar-refractivity contribution < 1.29 is 17.9 Å². The molecule has 0 spiro atoms. The fourth-order valence-electron chi connectivity index (χ4n) is 3.68. The molecule has 0 bridgehead atoms. The molecule has 6 nitrogen and oxygen atoms in total. The maximum absolute atomic E-state index is 12.7. The van der Waals surface area contributed by atoms with Crippen molar-refractivity contribution in [3.8, 4) is 0 Å². The molecule has 2 rings (SSSR count). The number of amides is 1. The van der Waals surface area contributed by atoms with E-state index in [9.17, 15) is 13.2 Å². The molecule has 1 saturated heterocycles. The van der Waals surface area contributed by atoms with E-state index < -0.39 is 9.84 Å². The molecule has 2 fully saturated rings. The first-order valence-electron chi connectivity index (χ1n) is 8.62. The number of carbonyl (C=O) groups is 1. The van der Waals surface area contributed by atoms with E-state index in [2.05, 4.69) is 4.90 Å². The molecular formula is C16H30N2O4S.